The number of nitrogens with zero attached hydrogens (tertiary/aromatic N) is 3. The van der Waals surface area contributed by atoms with E-state index in [9.17, 15) is 9.59 Å². The molecule has 2 fully saturated rings. The fourth-order valence-electron chi connectivity index (χ4n) is 4.37. The van der Waals surface area contributed by atoms with Gasteiger partial charge in [-0.05, 0) is 49.6 Å². The average molecular weight is 407 g/mol. The molecule has 2 amide bonds. The van der Waals surface area contributed by atoms with Crippen LogP contribution in [0.15, 0.2) is 48.5 Å². The molecule has 2 aromatic carbocycles. The van der Waals surface area contributed by atoms with Crippen LogP contribution in [0.2, 0.25) is 0 Å². The number of piperidine rings is 1. The number of rotatable bonds is 4. The number of benzene rings is 2. The molecule has 158 valence electrons. The minimum atomic E-state index is -0.101. The first kappa shape index (κ1) is 20.3. The Morgan fingerprint density at radius 1 is 0.800 bits per heavy atom. The van der Waals surface area contributed by atoms with Crippen LogP contribution in [0.1, 0.15) is 36.5 Å². The molecule has 6 nitrogen and oxygen atoms in total. The Balaban J connectivity index is 1.52. The summed E-state index contributed by atoms with van der Waals surface area (Å²) < 4.78 is 0. The smallest absolute Gasteiger partial charge is 0.256 e. The summed E-state index contributed by atoms with van der Waals surface area (Å²) in [7, 11) is 0. The van der Waals surface area contributed by atoms with Crippen LogP contribution in [0.25, 0.3) is 0 Å². The zero-order valence-corrected chi connectivity index (χ0v) is 17.6. The third-order valence-corrected chi connectivity index (χ3v) is 5.93. The highest BCUT2D eigenvalue weighted by atomic mass is 16.2. The van der Waals surface area contributed by atoms with Crippen LogP contribution < -0.4 is 15.1 Å². The van der Waals surface area contributed by atoms with Crippen LogP contribution in [-0.4, -0.2) is 56.0 Å². The van der Waals surface area contributed by atoms with E-state index in [2.05, 4.69) is 27.2 Å². The Labute approximate surface area is 178 Å². The van der Waals surface area contributed by atoms with E-state index in [0.717, 1.165) is 56.0 Å². The van der Waals surface area contributed by atoms with Gasteiger partial charge in [0.1, 0.15) is 0 Å². The predicted molar refractivity (Wildman–Crippen MR) is 121 cm³/mol. The molecule has 2 aliphatic rings. The molecule has 4 rings (SSSR count). The molecule has 0 aromatic heterocycles. The Morgan fingerprint density at radius 3 is 2.17 bits per heavy atom. The molecule has 0 bridgehead atoms. The van der Waals surface area contributed by atoms with Crippen LogP contribution in [0.3, 0.4) is 0 Å². The first-order chi connectivity index (χ1) is 14.6. The molecule has 2 heterocycles. The summed E-state index contributed by atoms with van der Waals surface area (Å²) in [5, 5.41) is 2.86. The molecular formula is C24H30N4O2. The number of carbonyl (C=O) groups excluding carboxylic acids is 2. The van der Waals surface area contributed by atoms with Gasteiger partial charge in [-0.25, -0.2) is 0 Å². The lowest BCUT2D eigenvalue weighted by Crippen LogP contribution is -2.49. The lowest BCUT2D eigenvalue weighted by atomic mass is 10.0. The molecule has 0 spiro atoms. The quantitative estimate of drug-likeness (QED) is 0.843. The van der Waals surface area contributed by atoms with Crippen molar-refractivity contribution < 1.29 is 9.59 Å². The highest BCUT2D eigenvalue weighted by Gasteiger charge is 2.26. The fraction of sp³-hybridized carbons (Fsp3) is 0.417. The van der Waals surface area contributed by atoms with Gasteiger partial charge in [0, 0.05) is 57.6 Å². The van der Waals surface area contributed by atoms with Crippen molar-refractivity contribution in [2.75, 3.05) is 54.4 Å². The molecule has 0 saturated carbocycles. The molecule has 2 saturated heterocycles. The minimum absolute atomic E-state index is 0.0812. The van der Waals surface area contributed by atoms with E-state index in [-0.39, 0.29) is 11.8 Å². The first-order valence-electron chi connectivity index (χ1n) is 10.9. The largest absolute Gasteiger partial charge is 0.371 e. The van der Waals surface area contributed by atoms with E-state index < -0.39 is 0 Å². The number of amides is 2. The van der Waals surface area contributed by atoms with Gasteiger partial charge in [-0.15, -0.1) is 0 Å². The van der Waals surface area contributed by atoms with E-state index in [4.69, 9.17) is 0 Å². The zero-order chi connectivity index (χ0) is 20.9. The zero-order valence-electron chi connectivity index (χ0n) is 17.6. The van der Waals surface area contributed by atoms with Crippen LogP contribution in [0.5, 0.6) is 0 Å². The van der Waals surface area contributed by atoms with Crippen LogP contribution in [0, 0.1) is 0 Å². The Kier molecular flexibility index (Phi) is 6.21. The van der Waals surface area contributed by atoms with E-state index in [0.29, 0.717) is 13.1 Å². The molecule has 0 unspecified atom stereocenters. The number of anilines is 3. The lowest BCUT2D eigenvalue weighted by molar-refractivity contribution is -0.114. The molecule has 0 aliphatic carbocycles. The minimum Gasteiger partial charge on any atom is -0.371 e. The van der Waals surface area contributed by atoms with Gasteiger partial charge in [-0.2, -0.15) is 0 Å². The fourth-order valence-corrected chi connectivity index (χ4v) is 4.37. The van der Waals surface area contributed by atoms with E-state index in [1.807, 2.05) is 41.3 Å². The van der Waals surface area contributed by atoms with Crippen molar-refractivity contribution in [2.24, 2.45) is 0 Å². The first-order valence-corrected chi connectivity index (χ1v) is 10.9. The van der Waals surface area contributed by atoms with Gasteiger partial charge in [-0.1, -0.05) is 18.2 Å². The second kappa shape index (κ2) is 9.20. The van der Waals surface area contributed by atoms with Crippen LogP contribution >= 0.6 is 0 Å². The lowest BCUT2D eigenvalue weighted by Gasteiger charge is -2.37. The summed E-state index contributed by atoms with van der Waals surface area (Å²) in [5.74, 6) is -0.0200. The van der Waals surface area contributed by atoms with E-state index in [1.54, 1.807) is 0 Å². The maximum atomic E-state index is 13.4. The molecule has 2 aliphatic heterocycles. The Morgan fingerprint density at radius 2 is 1.50 bits per heavy atom. The number of hydrogen-bond acceptors (Lipinski definition) is 4. The normalized spacial score (nSPS) is 17.0. The topological polar surface area (TPSA) is 55.9 Å². The monoisotopic (exact) mass is 406 g/mol. The average Bonchev–Trinajstić information content (AvgIpc) is 2.79. The maximum absolute atomic E-state index is 13.4. The molecular weight excluding hydrogens is 376 g/mol. The molecule has 1 N–H and O–H groups in total. The van der Waals surface area contributed by atoms with Gasteiger partial charge in [0.15, 0.2) is 0 Å². The van der Waals surface area contributed by atoms with Gasteiger partial charge in [0.2, 0.25) is 5.91 Å². The van der Waals surface area contributed by atoms with Crippen molar-refractivity contribution in [3.8, 4) is 0 Å². The summed E-state index contributed by atoms with van der Waals surface area (Å²) in [4.78, 5) is 31.5. The molecule has 0 atom stereocenters. The number of piperazine rings is 1. The highest BCUT2D eigenvalue weighted by Crippen LogP contribution is 2.29. The third kappa shape index (κ3) is 4.58. The van der Waals surface area contributed by atoms with Gasteiger partial charge < -0.3 is 20.0 Å². The standard InChI is InChI=1S/C24H30N4O2/c1-19(29)25-20-10-11-22(23(18-20)27-12-6-3-7-13-27)24(30)28-16-14-26(15-17-28)21-8-4-2-5-9-21/h2,4-5,8-11,18H,3,6-7,12-17H2,1H3,(H,25,29). The number of carbonyl (C=O) groups is 2. The van der Waals surface area contributed by atoms with Crippen molar-refractivity contribution in [3.63, 3.8) is 0 Å². The van der Waals surface area contributed by atoms with Gasteiger partial charge in [-0.3, -0.25) is 9.59 Å². The predicted octanol–water partition coefficient (Wildman–Crippen LogP) is 3.60. The second-order valence-electron chi connectivity index (χ2n) is 8.08. The number of nitrogens with one attached hydrogen (secondary N) is 1. The molecule has 2 aromatic rings. The summed E-state index contributed by atoms with van der Waals surface area (Å²) >= 11 is 0. The third-order valence-electron chi connectivity index (χ3n) is 5.93. The van der Waals surface area contributed by atoms with Crippen LogP contribution in [0.4, 0.5) is 17.1 Å². The van der Waals surface area contributed by atoms with Crippen molar-refractivity contribution >= 4 is 28.9 Å². The number of hydrogen-bond donors (Lipinski definition) is 1. The highest BCUT2D eigenvalue weighted by molar-refractivity contribution is 6.01. The Bertz CT molecular complexity index is 885. The van der Waals surface area contributed by atoms with Crippen molar-refractivity contribution in [1.29, 1.82) is 0 Å². The van der Waals surface area contributed by atoms with E-state index >= 15 is 0 Å². The summed E-state index contributed by atoms with van der Waals surface area (Å²) in [5.41, 5.74) is 3.63. The van der Waals surface area contributed by atoms with E-state index in [1.165, 1.54) is 19.0 Å². The van der Waals surface area contributed by atoms with Gasteiger partial charge >= 0.3 is 0 Å². The summed E-state index contributed by atoms with van der Waals surface area (Å²) in [6.45, 7) is 6.49. The van der Waals surface area contributed by atoms with Crippen LogP contribution in [-0.2, 0) is 4.79 Å². The van der Waals surface area contributed by atoms with Gasteiger partial charge in [0.05, 0.1) is 11.3 Å². The SMILES string of the molecule is CC(=O)Nc1ccc(C(=O)N2CCN(c3ccccc3)CC2)c(N2CCCCC2)c1. The summed E-state index contributed by atoms with van der Waals surface area (Å²) in [6.07, 6.45) is 3.49. The van der Waals surface area contributed by atoms with Gasteiger partial charge in [0.25, 0.3) is 5.91 Å². The molecule has 30 heavy (non-hydrogen) atoms. The summed E-state index contributed by atoms with van der Waals surface area (Å²) in [6, 6.07) is 16.0. The second-order valence-corrected chi connectivity index (χ2v) is 8.08. The molecule has 6 heteroatoms. The molecule has 0 radical (unpaired) electrons. The Hall–Kier alpha value is -3.02. The van der Waals surface area contributed by atoms with Crippen molar-refractivity contribution in [2.45, 2.75) is 26.2 Å². The van der Waals surface area contributed by atoms with Crippen molar-refractivity contribution in [1.82, 2.24) is 4.90 Å². The van der Waals surface area contributed by atoms with Crippen molar-refractivity contribution in [3.05, 3.63) is 54.1 Å². The maximum Gasteiger partial charge on any atom is 0.256 e. The number of para-hydroxylation sites is 1.